The molecule has 1 aliphatic rings. The van der Waals surface area contributed by atoms with Gasteiger partial charge >= 0.3 is 0 Å². The fourth-order valence-corrected chi connectivity index (χ4v) is 3.24. The maximum atomic E-state index is 6.12. The van der Waals surface area contributed by atoms with Gasteiger partial charge in [0.2, 0.25) is 0 Å². The van der Waals surface area contributed by atoms with E-state index in [9.17, 15) is 0 Å². The third-order valence-electron chi connectivity index (χ3n) is 4.42. The van der Waals surface area contributed by atoms with Crippen molar-refractivity contribution >= 4 is 22.6 Å². The van der Waals surface area contributed by atoms with Crippen molar-refractivity contribution in [2.75, 3.05) is 13.7 Å². The molecule has 1 aromatic heterocycles. The number of benzene rings is 1. The molecule has 0 N–H and O–H groups in total. The summed E-state index contributed by atoms with van der Waals surface area (Å²) in [6.07, 6.45) is 1.09. The number of methoxy groups -OCH3 is 1. The van der Waals surface area contributed by atoms with Gasteiger partial charge in [-0.3, -0.25) is 0 Å². The fraction of sp³-hybridized carbons (Fsp3) is 0.533. The van der Waals surface area contributed by atoms with Crippen LogP contribution in [-0.2, 0) is 16.2 Å². The maximum absolute atomic E-state index is 6.12. The summed E-state index contributed by atoms with van der Waals surface area (Å²) in [5.74, 6) is 2.02. The molecule has 1 aliphatic heterocycles. The van der Waals surface area contributed by atoms with Crippen molar-refractivity contribution in [1.82, 2.24) is 9.55 Å². The van der Waals surface area contributed by atoms with Crippen molar-refractivity contribution in [2.45, 2.75) is 37.8 Å². The first kappa shape index (κ1) is 13.7. The van der Waals surface area contributed by atoms with Crippen molar-refractivity contribution in [1.29, 1.82) is 0 Å². The van der Waals surface area contributed by atoms with Gasteiger partial charge in [-0.25, -0.2) is 4.98 Å². The molecule has 0 spiro atoms. The van der Waals surface area contributed by atoms with E-state index in [-0.39, 0.29) is 11.6 Å². The second kappa shape index (κ2) is 4.93. The highest BCUT2D eigenvalue weighted by Crippen LogP contribution is 2.38. The van der Waals surface area contributed by atoms with Crippen LogP contribution in [0.15, 0.2) is 18.2 Å². The van der Waals surface area contributed by atoms with Gasteiger partial charge in [-0.15, -0.1) is 11.6 Å². The second-order valence-electron chi connectivity index (χ2n) is 5.45. The molecule has 2 heterocycles. The number of hydrogen-bond acceptors (Lipinski definition) is 3. The first-order valence-corrected chi connectivity index (χ1v) is 7.37. The minimum atomic E-state index is -0.120. The molecule has 0 radical (unpaired) electrons. The standard InChI is InChI=1S/C15H19ClN2O2/c1-10-15(2,7-8-20-10)18-11-5-4-6-12(19-3)14(11)17-13(18)9-16/h4-6,10H,7-9H2,1-3H3. The predicted molar refractivity (Wildman–Crippen MR) is 79.5 cm³/mol. The van der Waals surface area contributed by atoms with Gasteiger partial charge in [-0.2, -0.15) is 0 Å². The number of halogens is 1. The number of rotatable bonds is 3. The molecule has 1 saturated heterocycles. The minimum Gasteiger partial charge on any atom is -0.494 e. The molecular formula is C15H19ClN2O2. The van der Waals surface area contributed by atoms with Gasteiger partial charge < -0.3 is 14.0 Å². The average molecular weight is 295 g/mol. The number of hydrogen-bond donors (Lipinski definition) is 0. The van der Waals surface area contributed by atoms with E-state index in [4.69, 9.17) is 21.1 Å². The highest BCUT2D eigenvalue weighted by atomic mass is 35.5. The number of ether oxygens (including phenoxy) is 2. The van der Waals surface area contributed by atoms with Crippen molar-refractivity contribution in [2.24, 2.45) is 0 Å². The van der Waals surface area contributed by atoms with Crippen LogP contribution in [0.5, 0.6) is 5.75 Å². The van der Waals surface area contributed by atoms with Crippen molar-refractivity contribution in [3.05, 3.63) is 24.0 Å². The second-order valence-corrected chi connectivity index (χ2v) is 5.71. The molecule has 0 bridgehead atoms. The molecule has 2 aromatic rings. The van der Waals surface area contributed by atoms with Crippen molar-refractivity contribution in [3.63, 3.8) is 0 Å². The van der Waals surface area contributed by atoms with Gasteiger partial charge in [0.05, 0.1) is 30.1 Å². The number of fused-ring (bicyclic) bond motifs is 1. The fourth-order valence-electron chi connectivity index (χ4n) is 3.06. The Morgan fingerprint density at radius 2 is 2.35 bits per heavy atom. The Morgan fingerprint density at radius 1 is 1.55 bits per heavy atom. The molecule has 1 aromatic carbocycles. The summed E-state index contributed by atoms with van der Waals surface area (Å²) in [5.41, 5.74) is 1.80. The molecule has 108 valence electrons. The lowest BCUT2D eigenvalue weighted by Crippen LogP contribution is -2.37. The Bertz CT molecular complexity index is 640. The lowest BCUT2D eigenvalue weighted by molar-refractivity contribution is 0.0766. The summed E-state index contributed by atoms with van der Waals surface area (Å²) >= 11 is 6.12. The molecule has 0 saturated carbocycles. The van der Waals surface area contributed by atoms with E-state index in [0.717, 1.165) is 35.6 Å². The average Bonchev–Trinajstić information content (AvgIpc) is 3.00. The highest BCUT2D eigenvalue weighted by Gasteiger charge is 2.41. The van der Waals surface area contributed by atoms with Crippen LogP contribution in [0.25, 0.3) is 11.0 Å². The van der Waals surface area contributed by atoms with Crippen LogP contribution in [0.1, 0.15) is 26.1 Å². The van der Waals surface area contributed by atoms with Gasteiger partial charge in [0.25, 0.3) is 0 Å². The zero-order valence-corrected chi connectivity index (χ0v) is 12.8. The zero-order valence-electron chi connectivity index (χ0n) is 12.0. The van der Waals surface area contributed by atoms with Gasteiger partial charge in [0.15, 0.2) is 0 Å². The summed E-state index contributed by atoms with van der Waals surface area (Å²) in [6.45, 7) is 5.08. The number of para-hydroxylation sites is 1. The molecule has 0 amide bonds. The number of aromatic nitrogens is 2. The third-order valence-corrected chi connectivity index (χ3v) is 4.66. The molecule has 5 heteroatoms. The Morgan fingerprint density at radius 3 is 2.95 bits per heavy atom. The normalized spacial score (nSPS) is 26.3. The van der Waals surface area contributed by atoms with Crippen LogP contribution in [-0.4, -0.2) is 29.4 Å². The molecule has 1 fully saturated rings. The van der Waals surface area contributed by atoms with E-state index >= 15 is 0 Å². The van der Waals surface area contributed by atoms with Crippen molar-refractivity contribution < 1.29 is 9.47 Å². The van der Waals surface area contributed by atoms with Crippen LogP contribution < -0.4 is 4.74 Å². The minimum absolute atomic E-state index is 0.120. The lowest BCUT2D eigenvalue weighted by Gasteiger charge is -2.31. The lowest BCUT2D eigenvalue weighted by atomic mass is 9.93. The van der Waals surface area contributed by atoms with Crippen molar-refractivity contribution in [3.8, 4) is 5.75 Å². The van der Waals surface area contributed by atoms with E-state index in [1.54, 1.807) is 7.11 Å². The first-order chi connectivity index (χ1) is 9.61. The molecule has 0 aliphatic carbocycles. The maximum Gasteiger partial charge on any atom is 0.146 e. The van der Waals surface area contributed by atoms with Gasteiger partial charge in [-0.05, 0) is 32.4 Å². The SMILES string of the molecule is COc1cccc2c1nc(CCl)n2C1(C)CCOC1C. The molecular weight excluding hydrogens is 276 g/mol. The molecule has 2 atom stereocenters. The summed E-state index contributed by atoms with van der Waals surface area (Å²) in [4.78, 5) is 4.68. The monoisotopic (exact) mass is 294 g/mol. The van der Waals surface area contributed by atoms with E-state index in [1.165, 1.54) is 0 Å². The predicted octanol–water partition coefficient (Wildman–Crippen LogP) is 3.31. The topological polar surface area (TPSA) is 36.3 Å². The molecule has 2 unspecified atom stereocenters. The number of nitrogens with zero attached hydrogens (tertiary/aromatic N) is 2. The third kappa shape index (κ3) is 1.82. The quantitative estimate of drug-likeness (QED) is 0.815. The highest BCUT2D eigenvalue weighted by molar-refractivity contribution is 6.16. The number of imidazole rings is 1. The Balaban J connectivity index is 2.29. The first-order valence-electron chi connectivity index (χ1n) is 6.84. The molecule has 4 nitrogen and oxygen atoms in total. The molecule has 20 heavy (non-hydrogen) atoms. The Kier molecular flexibility index (Phi) is 3.38. The summed E-state index contributed by atoms with van der Waals surface area (Å²) in [7, 11) is 1.66. The largest absolute Gasteiger partial charge is 0.494 e. The van der Waals surface area contributed by atoms with E-state index < -0.39 is 0 Å². The van der Waals surface area contributed by atoms with Gasteiger partial charge in [-0.1, -0.05) is 6.07 Å². The smallest absolute Gasteiger partial charge is 0.146 e. The summed E-state index contributed by atoms with van der Waals surface area (Å²) in [6, 6.07) is 5.98. The van der Waals surface area contributed by atoms with Crippen LogP contribution in [0.2, 0.25) is 0 Å². The van der Waals surface area contributed by atoms with Gasteiger partial charge in [0, 0.05) is 6.61 Å². The Labute approximate surface area is 123 Å². The van der Waals surface area contributed by atoms with E-state index in [1.807, 2.05) is 12.1 Å². The molecule has 3 rings (SSSR count). The van der Waals surface area contributed by atoms with Crippen LogP contribution >= 0.6 is 11.6 Å². The van der Waals surface area contributed by atoms with E-state index in [0.29, 0.717) is 5.88 Å². The Hall–Kier alpha value is -1.26. The van der Waals surface area contributed by atoms with Gasteiger partial charge in [0.1, 0.15) is 17.1 Å². The van der Waals surface area contributed by atoms with Crippen LogP contribution in [0, 0.1) is 0 Å². The zero-order chi connectivity index (χ0) is 14.3. The van der Waals surface area contributed by atoms with Crippen LogP contribution in [0.3, 0.4) is 0 Å². The summed E-state index contributed by atoms with van der Waals surface area (Å²) < 4.78 is 13.4. The van der Waals surface area contributed by atoms with Crippen LogP contribution in [0.4, 0.5) is 0 Å². The van der Waals surface area contributed by atoms with E-state index in [2.05, 4.69) is 29.5 Å². The summed E-state index contributed by atoms with van der Waals surface area (Å²) in [5, 5.41) is 0. The number of alkyl halides is 1.